The van der Waals surface area contributed by atoms with Gasteiger partial charge in [0.15, 0.2) is 5.75 Å². The second-order valence-corrected chi connectivity index (χ2v) is 5.66. The van der Waals surface area contributed by atoms with Crippen LogP contribution in [-0.2, 0) is 0 Å². The molecule has 0 aliphatic carbocycles. The highest BCUT2D eigenvalue weighted by Gasteiger charge is 2.09. The van der Waals surface area contributed by atoms with Gasteiger partial charge in [-0.2, -0.15) is 0 Å². The third-order valence-corrected chi connectivity index (χ3v) is 3.83. The summed E-state index contributed by atoms with van der Waals surface area (Å²) in [5.41, 5.74) is 6.22. The van der Waals surface area contributed by atoms with Crippen molar-refractivity contribution in [2.45, 2.75) is 0 Å². The Balaban J connectivity index is 2.37. The fourth-order valence-corrected chi connectivity index (χ4v) is 2.27. The minimum atomic E-state index is -0.333. The van der Waals surface area contributed by atoms with Crippen LogP contribution in [0.15, 0.2) is 36.4 Å². The van der Waals surface area contributed by atoms with Crippen molar-refractivity contribution in [2.24, 2.45) is 0 Å². The Morgan fingerprint density at radius 1 is 1.00 bits per heavy atom. The molecule has 0 saturated carbocycles. The molecule has 0 amide bonds. The summed E-state index contributed by atoms with van der Waals surface area (Å²) >= 11 is 4.05. The van der Waals surface area contributed by atoms with Crippen molar-refractivity contribution in [1.29, 1.82) is 0 Å². The van der Waals surface area contributed by atoms with Crippen LogP contribution in [0.2, 0.25) is 0 Å². The Bertz CT molecular complexity index is 560. The van der Waals surface area contributed by atoms with E-state index in [0.29, 0.717) is 20.8 Å². The van der Waals surface area contributed by atoms with Crippen molar-refractivity contribution in [3.05, 3.63) is 49.4 Å². The summed E-state index contributed by atoms with van der Waals surface area (Å²) in [5, 5.41) is 0. The zero-order valence-electron chi connectivity index (χ0n) is 8.58. The van der Waals surface area contributed by atoms with Crippen molar-refractivity contribution in [2.75, 3.05) is 5.73 Å². The van der Waals surface area contributed by atoms with E-state index in [1.54, 1.807) is 6.07 Å². The minimum absolute atomic E-state index is 0.333. The lowest BCUT2D eigenvalue weighted by Gasteiger charge is -2.10. The van der Waals surface area contributed by atoms with Gasteiger partial charge in [-0.15, -0.1) is 0 Å². The predicted molar refractivity (Wildman–Crippen MR) is 82.8 cm³/mol. The van der Waals surface area contributed by atoms with E-state index in [0.717, 1.165) is 3.57 Å². The average Bonchev–Trinajstić information content (AvgIpc) is 2.29. The first kappa shape index (κ1) is 12.9. The summed E-state index contributed by atoms with van der Waals surface area (Å²) in [6.45, 7) is 0. The van der Waals surface area contributed by atoms with Gasteiger partial charge in [0.25, 0.3) is 0 Å². The van der Waals surface area contributed by atoms with Gasteiger partial charge in [-0.25, -0.2) is 4.39 Å². The molecule has 0 bridgehead atoms. The van der Waals surface area contributed by atoms with Gasteiger partial charge in [-0.05, 0) is 63.4 Å². The van der Waals surface area contributed by atoms with E-state index in [4.69, 9.17) is 10.5 Å². The lowest BCUT2D eigenvalue weighted by atomic mass is 10.3. The van der Waals surface area contributed by atoms with Gasteiger partial charge in [-0.1, -0.05) is 12.1 Å². The molecule has 0 aromatic heterocycles. The van der Waals surface area contributed by atoms with Gasteiger partial charge < -0.3 is 10.5 Å². The molecule has 5 heteroatoms. The fraction of sp³-hybridized carbons (Fsp3) is 0. The van der Waals surface area contributed by atoms with Crippen LogP contribution in [0.3, 0.4) is 0 Å². The highest BCUT2D eigenvalue weighted by molar-refractivity contribution is 14.1. The lowest BCUT2D eigenvalue weighted by Crippen LogP contribution is -1.96. The van der Waals surface area contributed by atoms with Gasteiger partial charge in [0.2, 0.25) is 0 Å². The molecule has 2 nitrogen and oxygen atoms in total. The zero-order chi connectivity index (χ0) is 12.4. The van der Waals surface area contributed by atoms with Gasteiger partial charge in [-0.3, -0.25) is 0 Å². The quantitative estimate of drug-likeness (QED) is 0.539. The third-order valence-electron chi connectivity index (χ3n) is 2.11. The zero-order valence-corrected chi connectivity index (χ0v) is 12.9. The Hall–Kier alpha value is -0.570. The number of halogens is 3. The van der Waals surface area contributed by atoms with Crippen LogP contribution in [-0.4, -0.2) is 0 Å². The number of rotatable bonds is 2. The maximum atomic E-state index is 13.4. The van der Waals surface area contributed by atoms with Gasteiger partial charge in [0.1, 0.15) is 11.6 Å². The molecule has 17 heavy (non-hydrogen) atoms. The minimum Gasteiger partial charge on any atom is -0.454 e. The smallest absolute Gasteiger partial charge is 0.153 e. The summed E-state index contributed by atoms with van der Waals surface area (Å²) < 4.78 is 20.4. The van der Waals surface area contributed by atoms with Crippen molar-refractivity contribution in [3.8, 4) is 11.5 Å². The average molecular weight is 455 g/mol. The molecule has 0 aliphatic heterocycles. The largest absolute Gasteiger partial charge is 0.454 e. The summed E-state index contributed by atoms with van der Waals surface area (Å²) in [6, 6.07) is 10.4. The molecule has 0 fully saturated rings. The number of para-hydroxylation sites is 1. The molecule has 0 unspecified atom stereocenters. The summed E-state index contributed by atoms with van der Waals surface area (Å²) in [6.07, 6.45) is 0. The Morgan fingerprint density at radius 3 is 2.41 bits per heavy atom. The normalized spacial score (nSPS) is 10.3. The molecule has 2 aromatic carbocycles. The fourth-order valence-electron chi connectivity index (χ4n) is 1.28. The Labute approximate surface area is 126 Å². The van der Waals surface area contributed by atoms with Crippen LogP contribution in [0.5, 0.6) is 11.5 Å². The van der Waals surface area contributed by atoms with Crippen LogP contribution in [0.25, 0.3) is 0 Å². The first-order valence-electron chi connectivity index (χ1n) is 4.75. The standard InChI is InChI=1S/C12H8FI2NO/c13-7-5-12(10(16)6-9(7)15)17-11-4-2-1-3-8(11)14/h1-6H,16H2. The summed E-state index contributed by atoms with van der Waals surface area (Å²) in [7, 11) is 0. The maximum Gasteiger partial charge on any atom is 0.153 e. The lowest BCUT2D eigenvalue weighted by molar-refractivity contribution is 0.475. The molecule has 0 aliphatic rings. The van der Waals surface area contributed by atoms with Crippen molar-refractivity contribution in [3.63, 3.8) is 0 Å². The van der Waals surface area contributed by atoms with Crippen LogP contribution in [0.1, 0.15) is 0 Å². The number of hydrogen-bond donors (Lipinski definition) is 1. The SMILES string of the molecule is Nc1cc(I)c(F)cc1Oc1ccccc1I. The van der Waals surface area contributed by atoms with Crippen molar-refractivity contribution < 1.29 is 9.13 Å². The molecule has 0 saturated heterocycles. The summed E-state index contributed by atoms with van der Waals surface area (Å²) in [4.78, 5) is 0. The third kappa shape index (κ3) is 3.01. The van der Waals surface area contributed by atoms with E-state index in [-0.39, 0.29) is 5.82 Å². The second kappa shape index (κ2) is 5.38. The first-order chi connectivity index (χ1) is 8.08. The molecule has 0 spiro atoms. The molecule has 88 valence electrons. The first-order valence-corrected chi connectivity index (χ1v) is 6.90. The van der Waals surface area contributed by atoms with Crippen LogP contribution < -0.4 is 10.5 Å². The van der Waals surface area contributed by atoms with Crippen LogP contribution in [0.4, 0.5) is 10.1 Å². The van der Waals surface area contributed by atoms with Gasteiger partial charge in [0, 0.05) is 6.07 Å². The van der Waals surface area contributed by atoms with E-state index in [1.807, 2.05) is 46.9 Å². The number of nitrogen functional groups attached to an aromatic ring is 1. The van der Waals surface area contributed by atoms with E-state index < -0.39 is 0 Å². The highest BCUT2D eigenvalue weighted by Crippen LogP contribution is 2.32. The second-order valence-electron chi connectivity index (χ2n) is 3.34. The molecule has 2 N–H and O–H groups in total. The number of ether oxygens (including phenoxy) is 1. The molecule has 0 heterocycles. The highest BCUT2D eigenvalue weighted by atomic mass is 127. The van der Waals surface area contributed by atoms with Crippen molar-refractivity contribution in [1.82, 2.24) is 0 Å². The maximum absolute atomic E-state index is 13.4. The Kier molecular flexibility index (Phi) is 4.08. The molecule has 0 radical (unpaired) electrons. The van der Waals surface area contributed by atoms with E-state index in [2.05, 4.69) is 22.6 Å². The molecule has 2 aromatic rings. The van der Waals surface area contributed by atoms with E-state index >= 15 is 0 Å². The van der Waals surface area contributed by atoms with Gasteiger partial charge >= 0.3 is 0 Å². The van der Waals surface area contributed by atoms with Crippen LogP contribution >= 0.6 is 45.2 Å². The van der Waals surface area contributed by atoms with E-state index in [1.165, 1.54) is 6.07 Å². The molecular weight excluding hydrogens is 447 g/mol. The molecule has 2 rings (SSSR count). The van der Waals surface area contributed by atoms with Crippen LogP contribution in [0, 0.1) is 13.0 Å². The summed E-state index contributed by atoms with van der Waals surface area (Å²) in [5.74, 6) is 0.674. The molecular formula is C12H8FI2NO. The molecule has 0 atom stereocenters. The number of hydrogen-bond acceptors (Lipinski definition) is 2. The topological polar surface area (TPSA) is 35.2 Å². The monoisotopic (exact) mass is 455 g/mol. The Morgan fingerprint density at radius 2 is 1.71 bits per heavy atom. The number of nitrogens with two attached hydrogens (primary N) is 1. The number of benzene rings is 2. The van der Waals surface area contributed by atoms with Crippen molar-refractivity contribution >= 4 is 50.9 Å². The number of anilines is 1. The van der Waals surface area contributed by atoms with Gasteiger partial charge in [0.05, 0.1) is 12.8 Å². The predicted octanol–water partition coefficient (Wildman–Crippen LogP) is 4.41. The van der Waals surface area contributed by atoms with E-state index in [9.17, 15) is 4.39 Å².